The summed E-state index contributed by atoms with van der Waals surface area (Å²) < 4.78 is 0. The van der Waals surface area contributed by atoms with Crippen LogP contribution < -0.4 is 10.6 Å². The van der Waals surface area contributed by atoms with Crippen LogP contribution >= 0.6 is 0 Å². The second-order valence-corrected chi connectivity index (χ2v) is 8.25. The average Bonchev–Trinajstić information content (AvgIpc) is 2.79. The standard InChI is InChI=1S/C24H29N3O5/c1-2-6-20(22(23(25)28)16-7-9-17(10-8-16)24(29)30)19-12-11-18(27(31)32)15-21(19)26-13-4-3-5-14-26/h7-12,15,20,22H,2-6,13-14H2,1H3,(H2,25,28)(H,29,30)/t20?,22-/m1/s1. The van der Waals surface area contributed by atoms with Crippen LogP contribution in [0.4, 0.5) is 11.4 Å². The van der Waals surface area contributed by atoms with Crippen molar-refractivity contribution in [2.24, 2.45) is 5.73 Å². The van der Waals surface area contributed by atoms with Crippen LogP contribution in [-0.4, -0.2) is 35.0 Å². The number of rotatable bonds is 9. The Hall–Kier alpha value is -3.42. The molecule has 0 saturated carbocycles. The number of aromatic carboxylic acids is 1. The molecule has 0 radical (unpaired) electrons. The number of nitro groups is 1. The van der Waals surface area contributed by atoms with E-state index < -0.39 is 22.7 Å². The summed E-state index contributed by atoms with van der Waals surface area (Å²) in [6.07, 6.45) is 4.59. The number of hydrogen-bond donors (Lipinski definition) is 2. The topological polar surface area (TPSA) is 127 Å². The molecule has 2 atom stereocenters. The molecule has 3 N–H and O–H groups in total. The second-order valence-electron chi connectivity index (χ2n) is 8.25. The highest BCUT2D eigenvalue weighted by atomic mass is 16.6. The number of non-ortho nitro benzene ring substituents is 1. The minimum Gasteiger partial charge on any atom is -0.478 e. The summed E-state index contributed by atoms with van der Waals surface area (Å²) in [5, 5.41) is 20.7. The van der Waals surface area contributed by atoms with Crippen molar-refractivity contribution >= 4 is 23.3 Å². The van der Waals surface area contributed by atoms with Crippen LogP contribution in [0.25, 0.3) is 0 Å². The van der Waals surface area contributed by atoms with E-state index in [0.29, 0.717) is 12.0 Å². The van der Waals surface area contributed by atoms with Gasteiger partial charge in [0.15, 0.2) is 0 Å². The summed E-state index contributed by atoms with van der Waals surface area (Å²) in [6, 6.07) is 11.0. The molecule has 170 valence electrons. The number of amides is 1. The fraction of sp³-hybridized carbons (Fsp3) is 0.417. The first-order valence-corrected chi connectivity index (χ1v) is 11.0. The lowest BCUT2D eigenvalue weighted by Crippen LogP contribution is -2.32. The fourth-order valence-electron chi connectivity index (χ4n) is 4.61. The van der Waals surface area contributed by atoms with E-state index in [1.165, 1.54) is 18.2 Å². The molecule has 1 amide bonds. The first-order valence-electron chi connectivity index (χ1n) is 11.0. The molecule has 2 aromatic rings. The number of nitrogens with two attached hydrogens (primary N) is 1. The van der Waals surface area contributed by atoms with E-state index in [0.717, 1.165) is 50.0 Å². The molecule has 0 spiro atoms. The summed E-state index contributed by atoms with van der Waals surface area (Å²) in [5.74, 6) is -2.51. The highest BCUT2D eigenvalue weighted by Gasteiger charge is 2.32. The predicted octanol–water partition coefficient (Wildman–Crippen LogP) is 4.44. The van der Waals surface area contributed by atoms with Crippen LogP contribution in [0.2, 0.25) is 0 Å². The van der Waals surface area contributed by atoms with Crippen molar-refractivity contribution in [2.45, 2.75) is 50.9 Å². The lowest BCUT2D eigenvalue weighted by atomic mass is 9.77. The zero-order chi connectivity index (χ0) is 23.3. The molecule has 8 heteroatoms. The Morgan fingerprint density at radius 1 is 1.12 bits per heavy atom. The van der Waals surface area contributed by atoms with Gasteiger partial charge in [0, 0.05) is 36.8 Å². The molecule has 1 aliphatic rings. The molecular weight excluding hydrogens is 410 g/mol. The van der Waals surface area contributed by atoms with Crippen LogP contribution in [0.3, 0.4) is 0 Å². The van der Waals surface area contributed by atoms with Gasteiger partial charge in [-0.05, 0) is 55.0 Å². The first-order chi connectivity index (χ1) is 15.3. The van der Waals surface area contributed by atoms with Gasteiger partial charge in [-0.15, -0.1) is 0 Å². The van der Waals surface area contributed by atoms with Gasteiger partial charge in [-0.1, -0.05) is 25.5 Å². The molecule has 1 heterocycles. The Morgan fingerprint density at radius 3 is 2.31 bits per heavy atom. The van der Waals surface area contributed by atoms with Gasteiger partial charge in [-0.2, -0.15) is 0 Å². The molecular formula is C24H29N3O5. The highest BCUT2D eigenvalue weighted by Crippen LogP contribution is 2.42. The Labute approximate surface area is 187 Å². The monoisotopic (exact) mass is 439 g/mol. The van der Waals surface area contributed by atoms with Gasteiger partial charge >= 0.3 is 5.97 Å². The molecule has 3 rings (SSSR count). The lowest BCUT2D eigenvalue weighted by Gasteiger charge is -2.34. The summed E-state index contributed by atoms with van der Waals surface area (Å²) in [7, 11) is 0. The molecule has 2 aromatic carbocycles. The van der Waals surface area contributed by atoms with Crippen molar-refractivity contribution in [2.75, 3.05) is 18.0 Å². The number of carbonyl (C=O) groups is 2. The van der Waals surface area contributed by atoms with Gasteiger partial charge in [0.25, 0.3) is 5.69 Å². The van der Waals surface area contributed by atoms with Crippen LogP contribution in [0, 0.1) is 10.1 Å². The van der Waals surface area contributed by atoms with Crippen molar-refractivity contribution < 1.29 is 19.6 Å². The Balaban J connectivity index is 2.11. The molecule has 1 fully saturated rings. The highest BCUT2D eigenvalue weighted by molar-refractivity contribution is 5.88. The number of benzene rings is 2. The second kappa shape index (κ2) is 10.3. The minimum absolute atomic E-state index is 0.0195. The van der Waals surface area contributed by atoms with Crippen LogP contribution in [0.5, 0.6) is 0 Å². The molecule has 1 aliphatic heterocycles. The molecule has 1 unspecified atom stereocenters. The van der Waals surface area contributed by atoms with Crippen molar-refractivity contribution in [1.29, 1.82) is 0 Å². The number of carboxylic acids is 1. The zero-order valence-corrected chi connectivity index (χ0v) is 18.2. The SMILES string of the molecule is CCCC(c1ccc([N+](=O)[O-])cc1N1CCCCC1)[C@H](C(N)=O)c1ccc(C(=O)O)cc1. The van der Waals surface area contributed by atoms with Gasteiger partial charge in [0.2, 0.25) is 5.91 Å². The van der Waals surface area contributed by atoms with Crippen molar-refractivity contribution in [3.63, 3.8) is 0 Å². The Kier molecular flexibility index (Phi) is 7.45. The van der Waals surface area contributed by atoms with E-state index in [9.17, 15) is 24.8 Å². The maximum absolute atomic E-state index is 12.7. The molecule has 1 saturated heterocycles. The molecule has 0 bridgehead atoms. The summed E-state index contributed by atoms with van der Waals surface area (Å²) in [6.45, 7) is 3.63. The molecule has 0 aromatic heterocycles. The van der Waals surface area contributed by atoms with Crippen LogP contribution in [0.15, 0.2) is 42.5 Å². The number of carboxylic acid groups (broad SMARTS) is 1. The molecule has 0 aliphatic carbocycles. The van der Waals surface area contributed by atoms with Gasteiger partial charge in [-0.3, -0.25) is 14.9 Å². The van der Waals surface area contributed by atoms with Crippen molar-refractivity contribution in [3.05, 3.63) is 69.3 Å². The number of primary amides is 1. The molecule has 32 heavy (non-hydrogen) atoms. The van der Waals surface area contributed by atoms with E-state index in [1.54, 1.807) is 24.3 Å². The third kappa shape index (κ3) is 5.07. The van der Waals surface area contributed by atoms with E-state index in [-0.39, 0.29) is 17.2 Å². The van der Waals surface area contributed by atoms with Crippen LogP contribution in [-0.2, 0) is 4.79 Å². The summed E-state index contributed by atoms with van der Waals surface area (Å²) in [5.41, 5.74) is 8.31. The fourth-order valence-corrected chi connectivity index (χ4v) is 4.61. The number of carbonyl (C=O) groups excluding carboxylic acids is 1. The van der Waals surface area contributed by atoms with Gasteiger partial charge in [0.1, 0.15) is 0 Å². The predicted molar refractivity (Wildman–Crippen MR) is 122 cm³/mol. The third-order valence-electron chi connectivity index (χ3n) is 6.15. The van der Waals surface area contributed by atoms with Gasteiger partial charge < -0.3 is 15.7 Å². The number of nitrogens with zero attached hydrogens (tertiary/aromatic N) is 2. The maximum Gasteiger partial charge on any atom is 0.335 e. The normalized spacial score (nSPS) is 15.7. The maximum atomic E-state index is 12.7. The number of anilines is 1. The lowest BCUT2D eigenvalue weighted by molar-refractivity contribution is -0.384. The quantitative estimate of drug-likeness (QED) is 0.439. The number of piperidine rings is 1. The van der Waals surface area contributed by atoms with E-state index in [2.05, 4.69) is 4.90 Å². The van der Waals surface area contributed by atoms with E-state index >= 15 is 0 Å². The van der Waals surface area contributed by atoms with Crippen LogP contribution in [0.1, 0.15) is 72.3 Å². The van der Waals surface area contributed by atoms with E-state index in [4.69, 9.17) is 5.73 Å². The Bertz CT molecular complexity index is 984. The van der Waals surface area contributed by atoms with Gasteiger partial charge in [0.05, 0.1) is 16.4 Å². The molecule has 8 nitrogen and oxygen atoms in total. The van der Waals surface area contributed by atoms with Crippen molar-refractivity contribution in [3.8, 4) is 0 Å². The zero-order valence-electron chi connectivity index (χ0n) is 18.2. The Morgan fingerprint density at radius 2 is 1.78 bits per heavy atom. The summed E-state index contributed by atoms with van der Waals surface area (Å²) in [4.78, 5) is 37.1. The smallest absolute Gasteiger partial charge is 0.335 e. The minimum atomic E-state index is -1.04. The largest absolute Gasteiger partial charge is 0.478 e. The first kappa shape index (κ1) is 23.2. The van der Waals surface area contributed by atoms with E-state index in [1.807, 2.05) is 6.92 Å². The summed E-state index contributed by atoms with van der Waals surface area (Å²) >= 11 is 0. The van der Waals surface area contributed by atoms with Gasteiger partial charge in [-0.25, -0.2) is 4.79 Å². The number of nitro benzene ring substituents is 1. The third-order valence-corrected chi connectivity index (χ3v) is 6.15. The van der Waals surface area contributed by atoms with Crippen molar-refractivity contribution in [1.82, 2.24) is 0 Å². The number of hydrogen-bond acceptors (Lipinski definition) is 5. The average molecular weight is 440 g/mol.